The van der Waals surface area contributed by atoms with E-state index < -0.39 is 0 Å². The Bertz CT molecular complexity index is 690. The molecule has 1 aliphatic carbocycles. The molecular formula is C21H29N3O2. The van der Waals surface area contributed by atoms with Gasteiger partial charge in [-0.2, -0.15) is 0 Å². The Hall–Kier alpha value is -2.14. The fraction of sp³-hybridized carbons (Fsp3) is 0.524. The summed E-state index contributed by atoms with van der Waals surface area (Å²) in [7, 11) is 3.93. The van der Waals surface area contributed by atoms with Gasteiger partial charge in [-0.3, -0.25) is 9.59 Å². The number of nitrogens with one attached hydrogen (secondary N) is 1. The summed E-state index contributed by atoms with van der Waals surface area (Å²) in [5.74, 6) is 0.736. The molecule has 1 fully saturated rings. The Morgan fingerprint density at radius 3 is 2.77 bits per heavy atom. The standard InChI is InChI=1S/C21H29N3O2/c1-23(2)13-5-8-20(25)22-18-10-11-19-17(14-18)9-12-21(26)24(19)15-16-6-3-4-7-16/h5,8,10-11,14,16H,3-4,6-7,9,12-13,15H2,1-2H3,(H,22,25)/b8-5+. The number of hydrogen-bond donors (Lipinski definition) is 1. The van der Waals surface area contributed by atoms with Crippen LogP contribution in [0.5, 0.6) is 0 Å². The van der Waals surface area contributed by atoms with Crippen molar-refractivity contribution >= 4 is 23.2 Å². The van der Waals surface area contributed by atoms with Crippen LogP contribution in [0.4, 0.5) is 11.4 Å². The molecule has 26 heavy (non-hydrogen) atoms. The van der Waals surface area contributed by atoms with Crippen molar-refractivity contribution in [3.63, 3.8) is 0 Å². The van der Waals surface area contributed by atoms with Gasteiger partial charge >= 0.3 is 0 Å². The second kappa shape index (κ2) is 8.49. The van der Waals surface area contributed by atoms with Gasteiger partial charge in [0.25, 0.3) is 0 Å². The Morgan fingerprint density at radius 1 is 1.27 bits per heavy atom. The second-order valence-corrected chi connectivity index (χ2v) is 7.65. The highest BCUT2D eigenvalue weighted by molar-refractivity contribution is 6.00. The summed E-state index contributed by atoms with van der Waals surface area (Å²) in [4.78, 5) is 28.4. The third-order valence-corrected chi connectivity index (χ3v) is 5.20. The van der Waals surface area contributed by atoms with Crippen LogP contribution in [-0.2, 0) is 16.0 Å². The molecule has 1 saturated carbocycles. The fourth-order valence-electron chi connectivity index (χ4n) is 3.84. The van der Waals surface area contributed by atoms with Gasteiger partial charge in [-0.1, -0.05) is 18.9 Å². The summed E-state index contributed by atoms with van der Waals surface area (Å²) in [5, 5.41) is 2.92. The lowest BCUT2D eigenvalue weighted by molar-refractivity contribution is -0.119. The number of hydrogen-bond acceptors (Lipinski definition) is 3. The Balaban J connectivity index is 1.68. The van der Waals surface area contributed by atoms with E-state index in [1.54, 1.807) is 6.08 Å². The van der Waals surface area contributed by atoms with E-state index in [-0.39, 0.29) is 11.8 Å². The molecule has 1 N–H and O–H groups in total. The summed E-state index contributed by atoms with van der Waals surface area (Å²) in [6, 6.07) is 5.90. The summed E-state index contributed by atoms with van der Waals surface area (Å²) in [6.07, 6.45) is 9.73. The van der Waals surface area contributed by atoms with E-state index in [4.69, 9.17) is 0 Å². The summed E-state index contributed by atoms with van der Waals surface area (Å²) >= 11 is 0. The highest BCUT2D eigenvalue weighted by Crippen LogP contribution is 2.33. The number of rotatable bonds is 6. The summed E-state index contributed by atoms with van der Waals surface area (Å²) in [5.41, 5.74) is 2.96. The predicted octanol–water partition coefficient (Wildman–Crippen LogP) is 3.21. The van der Waals surface area contributed by atoms with E-state index >= 15 is 0 Å². The van der Waals surface area contributed by atoms with Gasteiger partial charge in [0.15, 0.2) is 0 Å². The molecule has 1 aliphatic heterocycles. The Kier molecular flexibility index (Phi) is 6.09. The van der Waals surface area contributed by atoms with Crippen LogP contribution in [-0.4, -0.2) is 43.9 Å². The van der Waals surface area contributed by atoms with Crippen LogP contribution in [0.15, 0.2) is 30.4 Å². The monoisotopic (exact) mass is 355 g/mol. The zero-order valence-corrected chi connectivity index (χ0v) is 15.8. The molecule has 0 spiro atoms. The average Bonchev–Trinajstić information content (AvgIpc) is 3.10. The van der Waals surface area contributed by atoms with Crippen LogP contribution >= 0.6 is 0 Å². The van der Waals surface area contributed by atoms with Crippen molar-refractivity contribution < 1.29 is 9.59 Å². The molecule has 0 radical (unpaired) electrons. The SMILES string of the molecule is CN(C)C/C=C/C(=O)Nc1ccc2c(c1)CCC(=O)N2CC1CCCC1. The lowest BCUT2D eigenvalue weighted by Crippen LogP contribution is -2.38. The molecule has 0 atom stereocenters. The normalized spacial score (nSPS) is 18.0. The van der Waals surface area contributed by atoms with Crippen molar-refractivity contribution in [3.8, 4) is 0 Å². The zero-order chi connectivity index (χ0) is 18.5. The second-order valence-electron chi connectivity index (χ2n) is 7.65. The highest BCUT2D eigenvalue weighted by Gasteiger charge is 2.28. The van der Waals surface area contributed by atoms with E-state index in [1.165, 1.54) is 25.7 Å². The maximum absolute atomic E-state index is 12.4. The minimum Gasteiger partial charge on any atom is -0.323 e. The van der Waals surface area contributed by atoms with Gasteiger partial charge in [-0.05, 0) is 63.0 Å². The molecule has 5 nitrogen and oxygen atoms in total. The molecule has 1 heterocycles. The van der Waals surface area contributed by atoms with Crippen LogP contribution < -0.4 is 10.2 Å². The van der Waals surface area contributed by atoms with Crippen LogP contribution in [0.2, 0.25) is 0 Å². The van der Waals surface area contributed by atoms with Crippen molar-refractivity contribution in [2.45, 2.75) is 38.5 Å². The van der Waals surface area contributed by atoms with E-state index in [2.05, 4.69) is 5.32 Å². The van der Waals surface area contributed by atoms with Gasteiger partial charge in [0.1, 0.15) is 0 Å². The first-order valence-electron chi connectivity index (χ1n) is 9.58. The number of fused-ring (bicyclic) bond motifs is 1. The molecule has 0 bridgehead atoms. The number of nitrogens with zero attached hydrogens (tertiary/aromatic N) is 2. The molecule has 140 valence electrons. The van der Waals surface area contributed by atoms with Crippen molar-refractivity contribution in [3.05, 3.63) is 35.9 Å². The molecule has 0 aromatic heterocycles. The van der Waals surface area contributed by atoms with Crippen molar-refractivity contribution in [2.24, 2.45) is 5.92 Å². The van der Waals surface area contributed by atoms with Gasteiger partial charge in [0.05, 0.1) is 0 Å². The third-order valence-electron chi connectivity index (χ3n) is 5.20. The molecule has 0 unspecified atom stereocenters. The van der Waals surface area contributed by atoms with Gasteiger partial charge < -0.3 is 15.1 Å². The molecule has 2 amide bonds. The number of carbonyl (C=O) groups excluding carboxylic acids is 2. The Morgan fingerprint density at radius 2 is 2.04 bits per heavy atom. The van der Waals surface area contributed by atoms with Gasteiger partial charge in [-0.25, -0.2) is 0 Å². The van der Waals surface area contributed by atoms with E-state index in [9.17, 15) is 9.59 Å². The van der Waals surface area contributed by atoms with Crippen LogP contribution in [0.25, 0.3) is 0 Å². The lowest BCUT2D eigenvalue weighted by Gasteiger charge is -2.31. The van der Waals surface area contributed by atoms with Gasteiger partial charge in [0.2, 0.25) is 11.8 Å². The van der Waals surface area contributed by atoms with Gasteiger partial charge in [0, 0.05) is 37.0 Å². The number of carbonyl (C=O) groups is 2. The van der Waals surface area contributed by atoms with E-state index in [1.807, 2.05) is 48.2 Å². The zero-order valence-electron chi connectivity index (χ0n) is 15.8. The van der Waals surface area contributed by atoms with E-state index in [0.717, 1.165) is 36.4 Å². The van der Waals surface area contributed by atoms with E-state index in [0.29, 0.717) is 12.3 Å². The molecule has 0 saturated heterocycles. The summed E-state index contributed by atoms with van der Waals surface area (Å²) < 4.78 is 0. The largest absolute Gasteiger partial charge is 0.323 e. The number of benzene rings is 1. The van der Waals surface area contributed by atoms with Crippen LogP contribution in [0.1, 0.15) is 37.7 Å². The first-order chi connectivity index (χ1) is 12.5. The van der Waals surface area contributed by atoms with Crippen molar-refractivity contribution in [1.82, 2.24) is 4.90 Å². The first kappa shape index (κ1) is 18.6. The number of aryl methyl sites for hydroxylation is 1. The van der Waals surface area contributed by atoms with Gasteiger partial charge in [-0.15, -0.1) is 0 Å². The molecule has 3 rings (SSSR count). The molecule has 1 aromatic carbocycles. The topological polar surface area (TPSA) is 52.7 Å². The minimum atomic E-state index is -0.124. The molecule has 5 heteroatoms. The van der Waals surface area contributed by atoms with Crippen LogP contribution in [0, 0.1) is 5.92 Å². The average molecular weight is 355 g/mol. The lowest BCUT2D eigenvalue weighted by atomic mass is 9.98. The smallest absolute Gasteiger partial charge is 0.248 e. The number of likely N-dealkylation sites (N-methyl/N-ethyl adjacent to an activating group) is 1. The Labute approximate surface area is 156 Å². The quantitative estimate of drug-likeness (QED) is 0.797. The van der Waals surface area contributed by atoms with Crippen molar-refractivity contribution in [1.29, 1.82) is 0 Å². The maximum Gasteiger partial charge on any atom is 0.248 e. The van der Waals surface area contributed by atoms with Crippen molar-refractivity contribution in [2.75, 3.05) is 37.4 Å². The molecular weight excluding hydrogens is 326 g/mol. The third kappa shape index (κ3) is 4.73. The first-order valence-corrected chi connectivity index (χ1v) is 9.58. The minimum absolute atomic E-state index is 0.124. The highest BCUT2D eigenvalue weighted by atomic mass is 16.2. The summed E-state index contributed by atoms with van der Waals surface area (Å²) in [6.45, 7) is 1.57. The van der Waals surface area contributed by atoms with Crippen LogP contribution in [0.3, 0.4) is 0 Å². The molecule has 1 aromatic rings. The number of amides is 2. The number of anilines is 2. The molecule has 2 aliphatic rings. The predicted molar refractivity (Wildman–Crippen MR) is 105 cm³/mol. The maximum atomic E-state index is 12.4. The fourth-order valence-corrected chi connectivity index (χ4v) is 3.84.